The molecule has 0 saturated carbocycles. The first-order valence-electron chi connectivity index (χ1n) is 2.68. The molecule has 5 N–H and O–H groups in total. The van der Waals surface area contributed by atoms with Crippen LogP contribution in [0.2, 0.25) is 0 Å². The highest BCUT2D eigenvalue weighted by Gasteiger charge is 2.05. The lowest BCUT2D eigenvalue weighted by Gasteiger charge is -1.98. The van der Waals surface area contributed by atoms with E-state index in [1.807, 2.05) is 5.53 Å². The number of nitrogens with one attached hydrogen (secondary N) is 1. The smallest absolute Gasteiger partial charge is 0.375 e. The van der Waals surface area contributed by atoms with Crippen LogP contribution in [0.1, 0.15) is 8.35 Å². The number of nitrogens with zero attached hydrogens (tertiary/aromatic N) is 1. The number of hydrazone groups is 1. The quantitative estimate of drug-likeness (QED) is 0.146. The normalized spacial score (nSPS) is 10.8. The summed E-state index contributed by atoms with van der Waals surface area (Å²) >= 11 is 0. The summed E-state index contributed by atoms with van der Waals surface area (Å²) in [6.07, 6.45) is 0. The molecule has 0 aliphatic heterocycles. The number of hydrazine groups is 1. The average Bonchev–Trinajstić information content (AvgIpc) is 1.89. The van der Waals surface area contributed by atoms with Crippen LogP contribution < -0.4 is 17.1 Å². The minimum Gasteiger partial charge on any atom is -0.460 e. The van der Waals surface area contributed by atoms with Crippen molar-refractivity contribution in [2.75, 3.05) is 6.61 Å². The van der Waals surface area contributed by atoms with Crippen molar-refractivity contribution in [3.63, 3.8) is 0 Å². The first-order valence-corrected chi connectivity index (χ1v) is 2.68. The fourth-order valence-electron chi connectivity index (χ4n) is 0.320. The maximum atomic E-state index is 10.6. The molecule has 0 fully saturated rings. The van der Waals surface area contributed by atoms with Crippen molar-refractivity contribution in [2.24, 2.45) is 16.7 Å². The van der Waals surface area contributed by atoms with Crippen molar-refractivity contribution in [3.05, 3.63) is 0 Å². The molecule has 0 amide bonds. The van der Waals surface area contributed by atoms with Crippen molar-refractivity contribution < 1.29 is 11.0 Å². The zero-order chi connectivity index (χ0) is 7.98. The molecule has 0 aromatic heterocycles. The summed E-state index contributed by atoms with van der Waals surface area (Å²) in [4.78, 5) is 10.6. The molecule has 10 heavy (non-hydrogen) atoms. The summed E-state index contributed by atoms with van der Waals surface area (Å²) in [5.74, 6) is 3.77. The fraction of sp³-hybridized carbons (Fsp3) is 0.500. The van der Waals surface area contributed by atoms with E-state index in [2.05, 4.69) is 9.84 Å². The maximum absolute atomic E-state index is 10.6. The Labute approximate surface area is 59.7 Å². The second-order valence-corrected chi connectivity index (χ2v) is 1.35. The molecule has 0 bridgehead atoms. The predicted octanol–water partition coefficient (Wildman–Crippen LogP) is -1.47. The number of hydrogen-bond donors (Lipinski definition) is 3. The van der Waals surface area contributed by atoms with Crippen LogP contribution in [0.4, 0.5) is 0 Å². The molecule has 0 heterocycles. The third kappa shape index (κ3) is 2.88. The zero-order valence-electron chi connectivity index (χ0n) is 5.63. The lowest BCUT2D eigenvalue weighted by atomic mass is 10.6. The van der Waals surface area contributed by atoms with Crippen molar-refractivity contribution in [1.29, 1.82) is 0 Å². The molecular weight excluding hydrogens is 136 g/mol. The standard InChI is InChI=1S/C4H10N4O2.H2/c1-2-10-4(9)3(5)7-8-6;/h8H,2,6H2,1H3,(H2,5,7);1H. The number of nitrogens with two attached hydrogens (primary N) is 2. The number of carbonyl (C=O) groups excluding carboxylic acids is 1. The zero-order valence-corrected chi connectivity index (χ0v) is 5.63. The van der Waals surface area contributed by atoms with Gasteiger partial charge in [0.25, 0.3) is 0 Å². The van der Waals surface area contributed by atoms with Gasteiger partial charge in [-0.2, -0.15) is 0 Å². The van der Waals surface area contributed by atoms with Crippen LogP contribution in [0.25, 0.3) is 0 Å². The summed E-state index contributed by atoms with van der Waals surface area (Å²) in [7, 11) is 0. The molecule has 0 aliphatic rings. The highest BCUT2D eigenvalue weighted by atomic mass is 16.5. The van der Waals surface area contributed by atoms with Crippen molar-refractivity contribution >= 4 is 11.8 Å². The SMILES string of the molecule is CCOC(=O)/C(N)=N/NN.[HH]. The molecule has 0 aromatic carbocycles. The van der Waals surface area contributed by atoms with Crippen LogP contribution in [0.5, 0.6) is 0 Å². The first-order chi connectivity index (χ1) is 4.72. The Morgan fingerprint density at radius 1 is 1.90 bits per heavy atom. The van der Waals surface area contributed by atoms with Crippen LogP contribution in [-0.4, -0.2) is 18.4 Å². The van der Waals surface area contributed by atoms with Gasteiger partial charge in [-0.05, 0) is 6.92 Å². The van der Waals surface area contributed by atoms with Crippen LogP contribution in [0, 0.1) is 0 Å². The molecule has 0 radical (unpaired) electrons. The first kappa shape index (κ1) is 8.70. The molecule has 60 valence electrons. The molecule has 0 aliphatic carbocycles. The summed E-state index contributed by atoms with van der Waals surface area (Å²) in [5, 5.41) is 3.19. The van der Waals surface area contributed by atoms with Crippen LogP contribution in [-0.2, 0) is 9.53 Å². The summed E-state index contributed by atoms with van der Waals surface area (Å²) in [5.41, 5.74) is 6.92. The fourth-order valence-corrected chi connectivity index (χ4v) is 0.320. The van der Waals surface area contributed by atoms with E-state index in [1.54, 1.807) is 6.92 Å². The van der Waals surface area contributed by atoms with Gasteiger partial charge in [0.15, 0.2) is 0 Å². The number of ether oxygens (including phenoxy) is 1. The molecule has 0 atom stereocenters. The summed E-state index contributed by atoms with van der Waals surface area (Å²) in [6, 6.07) is 0. The molecule has 0 unspecified atom stereocenters. The molecule has 6 nitrogen and oxygen atoms in total. The van der Waals surface area contributed by atoms with Gasteiger partial charge in [-0.15, -0.1) is 5.10 Å². The Morgan fingerprint density at radius 3 is 2.90 bits per heavy atom. The molecule has 0 rings (SSSR count). The molecule has 6 heteroatoms. The van der Waals surface area contributed by atoms with Gasteiger partial charge in [0, 0.05) is 1.43 Å². The Morgan fingerprint density at radius 2 is 2.50 bits per heavy atom. The van der Waals surface area contributed by atoms with Gasteiger partial charge in [0.1, 0.15) is 0 Å². The second-order valence-electron chi connectivity index (χ2n) is 1.35. The number of carbonyl (C=O) groups is 1. The van der Waals surface area contributed by atoms with Gasteiger partial charge in [0.2, 0.25) is 5.84 Å². The number of hydrogen-bond acceptors (Lipinski definition) is 5. The van der Waals surface area contributed by atoms with Crippen molar-refractivity contribution in [2.45, 2.75) is 6.92 Å². The molecule has 0 saturated heterocycles. The van der Waals surface area contributed by atoms with E-state index in [9.17, 15) is 4.79 Å². The average molecular weight is 148 g/mol. The minimum atomic E-state index is -0.680. The molecule has 0 spiro atoms. The van der Waals surface area contributed by atoms with Crippen LogP contribution in [0.3, 0.4) is 0 Å². The highest BCUT2D eigenvalue weighted by molar-refractivity contribution is 6.34. The molecular formula is C4H12N4O2. The number of esters is 1. The minimum absolute atomic E-state index is 0. The van der Waals surface area contributed by atoms with Gasteiger partial charge in [-0.1, -0.05) is 0 Å². The van der Waals surface area contributed by atoms with Crippen LogP contribution >= 0.6 is 0 Å². The third-order valence-electron chi connectivity index (χ3n) is 0.670. The Bertz CT molecular complexity index is 149. The Balaban J connectivity index is 0. The monoisotopic (exact) mass is 148 g/mol. The summed E-state index contributed by atoms with van der Waals surface area (Å²) in [6.45, 7) is 1.93. The van der Waals surface area contributed by atoms with Gasteiger partial charge < -0.3 is 10.5 Å². The Kier molecular flexibility index (Phi) is 3.97. The van der Waals surface area contributed by atoms with Crippen LogP contribution in [0.15, 0.2) is 5.10 Å². The van der Waals surface area contributed by atoms with E-state index in [-0.39, 0.29) is 13.9 Å². The van der Waals surface area contributed by atoms with E-state index in [0.717, 1.165) is 0 Å². The van der Waals surface area contributed by atoms with E-state index < -0.39 is 5.97 Å². The van der Waals surface area contributed by atoms with Gasteiger partial charge in [-0.25, -0.2) is 16.2 Å². The van der Waals surface area contributed by atoms with Gasteiger partial charge in [-0.3, -0.25) is 0 Å². The summed E-state index contributed by atoms with van der Waals surface area (Å²) < 4.78 is 4.47. The second kappa shape index (κ2) is 4.57. The topological polar surface area (TPSA) is 103 Å². The predicted molar refractivity (Wildman–Crippen MR) is 37.7 cm³/mol. The van der Waals surface area contributed by atoms with E-state index in [4.69, 9.17) is 11.6 Å². The number of amidine groups is 1. The van der Waals surface area contributed by atoms with Gasteiger partial charge in [0.05, 0.1) is 6.61 Å². The van der Waals surface area contributed by atoms with E-state index >= 15 is 0 Å². The lowest BCUT2D eigenvalue weighted by Crippen LogP contribution is -2.30. The largest absolute Gasteiger partial charge is 0.460 e. The van der Waals surface area contributed by atoms with Gasteiger partial charge >= 0.3 is 5.97 Å². The van der Waals surface area contributed by atoms with Crippen molar-refractivity contribution in [3.8, 4) is 0 Å². The third-order valence-corrected chi connectivity index (χ3v) is 0.670. The maximum Gasteiger partial charge on any atom is 0.375 e. The van der Waals surface area contributed by atoms with E-state index in [0.29, 0.717) is 0 Å². The number of rotatable bonds is 2. The van der Waals surface area contributed by atoms with E-state index in [1.165, 1.54) is 0 Å². The molecule has 0 aromatic rings. The lowest BCUT2D eigenvalue weighted by molar-refractivity contribution is -0.135. The van der Waals surface area contributed by atoms with Crippen molar-refractivity contribution in [1.82, 2.24) is 5.53 Å². The Hall–Kier alpha value is -1.30. The highest BCUT2D eigenvalue weighted by Crippen LogP contribution is 1.75.